The normalized spacial score (nSPS) is 15.2. The van der Waals surface area contributed by atoms with Crippen molar-refractivity contribution >= 4 is 22.8 Å². The molecule has 0 bridgehead atoms. The van der Waals surface area contributed by atoms with E-state index in [4.69, 9.17) is 9.72 Å². The molecule has 174 valence electrons. The van der Waals surface area contributed by atoms with Crippen LogP contribution in [0.1, 0.15) is 61.3 Å². The van der Waals surface area contributed by atoms with Crippen LogP contribution in [0.25, 0.3) is 11.0 Å². The predicted molar refractivity (Wildman–Crippen MR) is 128 cm³/mol. The van der Waals surface area contributed by atoms with Crippen LogP contribution in [0.3, 0.4) is 0 Å². The highest BCUT2D eigenvalue weighted by molar-refractivity contribution is 5.94. The summed E-state index contributed by atoms with van der Waals surface area (Å²) in [6.07, 6.45) is 4.98. The van der Waals surface area contributed by atoms with E-state index in [-0.39, 0.29) is 17.9 Å². The zero-order valence-corrected chi connectivity index (χ0v) is 19.4. The Morgan fingerprint density at radius 1 is 1.06 bits per heavy atom. The molecule has 33 heavy (non-hydrogen) atoms. The number of hydrogen-bond acceptors (Lipinski definition) is 4. The van der Waals surface area contributed by atoms with E-state index in [2.05, 4.69) is 9.88 Å². The molecule has 7 heteroatoms. The summed E-state index contributed by atoms with van der Waals surface area (Å²) in [5.41, 5.74) is 2.36. The summed E-state index contributed by atoms with van der Waals surface area (Å²) in [5, 5.41) is 3.05. The van der Waals surface area contributed by atoms with Crippen molar-refractivity contribution < 1.29 is 14.3 Å². The lowest BCUT2D eigenvalue weighted by Gasteiger charge is -2.21. The van der Waals surface area contributed by atoms with Crippen LogP contribution in [-0.4, -0.2) is 46.5 Å². The summed E-state index contributed by atoms with van der Waals surface area (Å²) < 4.78 is 7.30. The Hall–Kier alpha value is -3.35. The van der Waals surface area contributed by atoms with Gasteiger partial charge in [-0.15, -0.1) is 0 Å². The van der Waals surface area contributed by atoms with E-state index in [1.807, 2.05) is 36.1 Å². The number of nitrogens with one attached hydrogen (secondary N) is 1. The third kappa shape index (κ3) is 5.35. The average molecular weight is 449 g/mol. The summed E-state index contributed by atoms with van der Waals surface area (Å²) in [4.78, 5) is 32.6. The van der Waals surface area contributed by atoms with Gasteiger partial charge < -0.3 is 19.5 Å². The molecular formula is C26H32N4O3. The number of carbonyl (C=O) groups is 2. The second kappa shape index (κ2) is 10.5. The van der Waals surface area contributed by atoms with Gasteiger partial charge in [0.2, 0.25) is 5.91 Å². The molecular weight excluding hydrogens is 416 g/mol. The van der Waals surface area contributed by atoms with Crippen LogP contribution >= 0.6 is 0 Å². The first-order valence-electron chi connectivity index (χ1n) is 11.7. The smallest absolute Gasteiger partial charge is 0.251 e. The lowest BCUT2D eigenvalue weighted by molar-refractivity contribution is -0.131. The molecule has 0 radical (unpaired) electrons. The van der Waals surface area contributed by atoms with E-state index in [1.165, 1.54) is 12.8 Å². The maximum absolute atomic E-state index is 12.9. The maximum atomic E-state index is 12.9. The van der Waals surface area contributed by atoms with Gasteiger partial charge in [-0.2, -0.15) is 0 Å². The van der Waals surface area contributed by atoms with Crippen LogP contribution in [0.2, 0.25) is 0 Å². The highest BCUT2D eigenvalue weighted by Crippen LogP contribution is 2.23. The van der Waals surface area contributed by atoms with Crippen molar-refractivity contribution in [3.8, 4) is 5.75 Å². The Labute approximate surface area is 194 Å². The number of imidazole rings is 1. The number of hydrogen-bond donors (Lipinski definition) is 1. The minimum absolute atomic E-state index is 0.189. The van der Waals surface area contributed by atoms with E-state index in [1.54, 1.807) is 31.4 Å². The minimum Gasteiger partial charge on any atom is -0.497 e. The Morgan fingerprint density at radius 3 is 2.58 bits per heavy atom. The fraction of sp³-hybridized carbons (Fsp3) is 0.423. The number of aryl methyl sites for hydroxylation is 1. The van der Waals surface area contributed by atoms with E-state index in [0.717, 1.165) is 42.8 Å². The Morgan fingerprint density at radius 2 is 1.82 bits per heavy atom. The lowest BCUT2D eigenvalue weighted by atomic mass is 10.2. The van der Waals surface area contributed by atoms with Gasteiger partial charge in [0.05, 0.1) is 24.2 Å². The summed E-state index contributed by atoms with van der Waals surface area (Å²) in [6, 6.07) is 14.6. The van der Waals surface area contributed by atoms with Crippen LogP contribution < -0.4 is 10.1 Å². The fourth-order valence-electron chi connectivity index (χ4n) is 4.45. The molecule has 1 aliphatic heterocycles. The summed E-state index contributed by atoms with van der Waals surface area (Å²) in [6.45, 7) is 4.16. The summed E-state index contributed by atoms with van der Waals surface area (Å²) in [7, 11) is 1.58. The molecule has 3 aromatic rings. The molecule has 2 amide bonds. The number of para-hydroxylation sites is 2. The van der Waals surface area contributed by atoms with E-state index < -0.39 is 0 Å². The van der Waals surface area contributed by atoms with Gasteiger partial charge in [0.15, 0.2) is 0 Å². The van der Waals surface area contributed by atoms with Crippen molar-refractivity contribution in [2.45, 2.75) is 51.6 Å². The Bertz CT molecular complexity index is 1120. The first-order chi connectivity index (χ1) is 16.1. The first-order valence-corrected chi connectivity index (χ1v) is 11.7. The molecule has 1 aromatic heterocycles. The molecule has 0 aliphatic carbocycles. The zero-order chi connectivity index (χ0) is 23.2. The fourth-order valence-corrected chi connectivity index (χ4v) is 4.45. The van der Waals surface area contributed by atoms with E-state index >= 15 is 0 Å². The van der Waals surface area contributed by atoms with Crippen molar-refractivity contribution in [2.24, 2.45) is 0 Å². The Balaban J connectivity index is 1.52. The molecule has 7 nitrogen and oxygen atoms in total. The SMILES string of the molecule is COc1cccc(C(=O)NC(C)c2nc3ccccc3n2CCC(=O)N2CCCCCC2)c1. The molecule has 1 N–H and O–H groups in total. The van der Waals surface area contributed by atoms with Gasteiger partial charge in [0.1, 0.15) is 11.6 Å². The molecule has 0 saturated carbocycles. The predicted octanol–water partition coefficient (Wildman–Crippen LogP) is 4.33. The molecule has 1 unspecified atom stereocenters. The molecule has 1 atom stereocenters. The third-order valence-electron chi connectivity index (χ3n) is 6.26. The Kier molecular flexibility index (Phi) is 7.27. The number of aromatic nitrogens is 2. The minimum atomic E-state index is -0.329. The van der Waals surface area contributed by atoms with Gasteiger partial charge in [0, 0.05) is 31.6 Å². The molecule has 2 heterocycles. The number of likely N-dealkylation sites (tertiary alicyclic amines) is 1. The van der Waals surface area contributed by atoms with Crippen LogP contribution in [-0.2, 0) is 11.3 Å². The highest BCUT2D eigenvalue weighted by atomic mass is 16.5. The van der Waals surface area contributed by atoms with Gasteiger partial charge >= 0.3 is 0 Å². The monoisotopic (exact) mass is 448 g/mol. The average Bonchev–Trinajstić information content (AvgIpc) is 3.00. The van der Waals surface area contributed by atoms with Crippen LogP contribution in [0, 0.1) is 0 Å². The van der Waals surface area contributed by atoms with Crippen molar-refractivity contribution in [2.75, 3.05) is 20.2 Å². The third-order valence-corrected chi connectivity index (χ3v) is 6.26. The largest absolute Gasteiger partial charge is 0.497 e. The van der Waals surface area contributed by atoms with Crippen LogP contribution in [0.15, 0.2) is 48.5 Å². The molecule has 2 aromatic carbocycles. The number of nitrogens with zero attached hydrogens (tertiary/aromatic N) is 3. The van der Waals surface area contributed by atoms with Crippen molar-refractivity contribution in [1.82, 2.24) is 19.8 Å². The topological polar surface area (TPSA) is 76.5 Å². The first kappa shape index (κ1) is 22.8. The number of benzene rings is 2. The quantitative estimate of drug-likeness (QED) is 0.584. The molecule has 0 spiro atoms. The number of methoxy groups -OCH3 is 1. The van der Waals surface area contributed by atoms with E-state index in [0.29, 0.717) is 24.3 Å². The standard InChI is InChI=1S/C26H32N4O3/c1-19(27-26(32)20-10-9-11-21(18-20)33-2)25-28-22-12-5-6-13-23(22)30(25)17-14-24(31)29-15-7-3-4-8-16-29/h5-6,9-13,18-19H,3-4,7-8,14-17H2,1-2H3,(H,27,32). The van der Waals surface area contributed by atoms with Gasteiger partial charge in [-0.3, -0.25) is 9.59 Å². The molecule has 4 rings (SSSR count). The molecule has 1 fully saturated rings. The highest BCUT2D eigenvalue weighted by Gasteiger charge is 2.21. The second-order valence-electron chi connectivity index (χ2n) is 8.58. The van der Waals surface area contributed by atoms with Crippen LogP contribution in [0.5, 0.6) is 5.75 Å². The van der Waals surface area contributed by atoms with Gasteiger partial charge in [0.25, 0.3) is 5.91 Å². The summed E-state index contributed by atoms with van der Waals surface area (Å²) >= 11 is 0. The lowest BCUT2D eigenvalue weighted by Crippen LogP contribution is -2.33. The maximum Gasteiger partial charge on any atom is 0.251 e. The number of carbonyl (C=O) groups excluding carboxylic acids is 2. The summed E-state index contributed by atoms with van der Waals surface area (Å²) in [5.74, 6) is 1.38. The number of ether oxygens (including phenoxy) is 1. The van der Waals surface area contributed by atoms with Crippen molar-refractivity contribution in [1.29, 1.82) is 0 Å². The van der Waals surface area contributed by atoms with Gasteiger partial charge in [-0.1, -0.05) is 31.0 Å². The molecule has 1 saturated heterocycles. The van der Waals surface area contributed by atoms with Crippen molar-refractivity contribution in [3.05, 3.63) is 59.9 Å². The van der Waals surface area contributed by atoms with Gasteiger partial charge in [-0.25, -0.2) is 4.98 Å². The number of fused-ring (bicyclic) bond motifs is 1. The zero-order valence-electron chi connectivity index (χ0n) is 19.4. The van der Waals surface area contributed by atoms with E-state index in [9.17, 15) is 9.59 Å². The van der Waals surface area contributed by atoms with Crippen LogP contribution in [0.4, 0.5) is 0 Å². The number of rotatable bonds is 7. The second-order valence-corrected chi connectivity index (χ2v) is 8.58. The number of amides is 2. The van der Waals surface area contributed by atoms with Crippen molar-refractivity contribution in [3.63, 3.8) is 0 Å². The molecule has 1 aliphatic rings. The van der Waals surface area contributed by atoms with Gasteiger partial charge in [-0.05, 0) is 50.1 Å².